The summed E-state index contributed by atoms with van der Waals surface area (Å²) in [6, 6.07) is 10.7. The van der Waals surface area contributed by atoms with Crippen LogP contribution in [0.4, 0.5) is 11.4 Å². The number of anilines is 2. The van der Waals surface area contributed by atoms with Gasteiger partial charge in [-0.1, -0.05) is 0 Å². The highest BCUT2D eigenvalue weighted by Crippen LogP contribution is 2.35. The van der Waals surface area contributed by atoms with Gasteiger partial charge in [0.2, 0.25) is 11.8 Å². The topological polar surface area (TPSA) is 77.1 Å². The van der Waals surface area contributed by atoms with Gasteiger partial charge in [0.05, 0.1) is 21.3 Å². The van der Waals surface area contributed by atoms with Gasteiger partial charge in [0.15, 0.2) is 11.5 Å². The van der Waals surface area contributed by atoms with Gasteiger partial charge in [0.1, 0.15) is 5.75 Å². The smallest absolute Gasteiger partial charge is 0.248 e. The molecule has 1 aliphatic heterocycles. The van der Waals surface area contributed by atoms with Gasteiger partial charge in [0, 0.05) is 42.0 Å². The Labute approximate surface area is 169 Å². The summed E-state index contributed by atoms with van der Waals surface area (Å²) in [7, 11) is 4.64. The zero-order valence-electron chi connectivity index (χ0n) is 16.7. The van der Waals surface area contributed by atoms with Crippen molar-refractivity contribution in [1.29, 1.82) is 0 Å². The van der Waals surface area contributed by atoms with Gasteiger partial charge in [-0.15, -0.1) is 0 Å². The lowest BCUT2D eigenvalue weighted by atomic mass is 10.1. The average Bonchev–Trinajstić information content (AvgIpc) is 3.17. The predicted molar refractivity (Wildman–Crippen MR) is 112 cm³/mol. The summed E-state index contributed by atoms with van der Waals surface area (Å²) in [5.41, 5.74) is 2.17. The molecule has 1 fully saturated rings. The van der Waals surface area contributed by atoms with E-state index < -0.39 is 0 Å². The number of hydrogen-bond acceptors (Lipinski definition) is 5. The molecule has 1 heterocycles. The number of benzene rings is 2. The van der Waals surface area contributed by atoms with Crippen LogP contribution in [0.3, 0.4) is 0 Å². The summed E-state index contributed by atoms with van der Waals surface area (Å²) in [6.45, 7) is 0.737. The number of carbonyl (C=O) groups excluding carboxylic acids is 2. The zero-order valence-corrected chi connectivity index (χ0v) is 16.7. The van der Waals surface area contributed by atoms with E-state index in [9.17, 15) is 9.59 Å². The first-order valence-electron chi connectivity index (χ1n) is 9.25. The first kappa shape index (κ1) is 20.3. The van der Waals surface area contributed by atoms with E-state index in [1.165, 1.54) is 6.08 Å². The number of amides is 2. The first-order valence-corrected chi connectivity index (χ1v) is 9.25. The quantitative estimate of drug-likeness (QED) is 0.725. The van der Waals surface area contributed by atoms with Crippen LogP contribution in [-0.4, -0.2) is 39.7 Å². The summed E-state index contributed by atoms with van der Waals surface area (Å²) < 4.78 is 15.9. The van der Waals surface area contributed by atoms with E-state index in [0.717, 1.165) is 18.7 Å². The minimum absolute atomic E-state index is 0.133. The third kappa shape index (κ3) is 4.68. The van der Waals surface area contributed by atoms with Gasteiger partial charge in [0.25, 0.3) is 0 Å². The molecule has 1 saturated heterocycles. The van der Waals surface area contributed by atoms with Crippen molar-refractivity contribution < 1.29 is 23.8 Å². The second kappa shape index (κ2) is 9.14. The van der Waals surface area contributed by atoms with Crippen LogP contribution >= 0.6 is 0 Å². The van der Waals surface area contributed by atoms with Crippen LogP contribution in [0.5, 0.6) is 17.2 Å². The highest BCUT2D eigenvalue weighted by Gasteiger charge is 2.21. The molecule has 3 rings (SSSR count). The molecule has 0 atom stereocenters. The molecule has 0 aliphatic carbocycles. The van der Waals surface area contributed by atoms with Crippen molar-refractivity contribution in [2.24, 2.45) is 0 Å². The minimum atomic E-state index is -0.285. The van der Waals surface area contributed by atoms with Crippen molar-refractivity contribution >= 4 is 29.3 Å². The van der Waals surface area contributed by atoms with Gasteiger partial charge in [-0.05, 0) is 42.8 Å². The molecular formula is C22H24N2O5. The molecule has 2 aromatic rings. The molecule has 7 heteroatoms. The van der Waals surface area contributed by atoms with E-state index in [4.69, 9.17) is 14.2 Å². The fourth-order valence-electron chi connectivity index (χ4n) is 3.18. The number of nitrogens with zero attached hydrogens (tertiary/aromatic N) is 1. The molecule has 2 amide bonds. The van der Waals surface area contributed by atoms with Gasteiger partial charge in [-0.25, -0.2) is 0 Å². The molecule has 1 N–H and O–H groups in total. The molecule has 29 heavy (non-hydrogen) atoms. The van der Waals surface area contributed by atoms with Gasteiger partial charge >= 0.3 is 0 Å². The van der Waals surface area contributed by atoms with E-state index in [2.05, 4.69) is 5.32 Å². The van der Waals surface area contributed by atoms with Crippen LogP contribution in [-0.2, 0) is 9.59 Å². The molecule has 0 radical (unpaired) electrons. The van der Waals surface area contributed by atoms with Crippen LogP contribution in [0.1, 0.15) is 18.4 Å². The maximum atomic E-state index is 12.3. The summed E-state index contributed by atoms with van der Waals surface area (Å²) in [5.74, 6) is 1.50. The lowest BCUT2D eigenvalue weighted by Crippen LogP contribution is -2.23. The van der Waals surface area contributed by atoms with E-state index in [0.29, 0.717) is 34.9 Å². The van der Waals surface area contributed by atoms with Crippen LogP contribution in [0, 0.1) is 0 Å². The standard InChI is InChI=1S/C22H24N2O5/c1-27-18-14-20(29-3)19(28-2)13-15(18)6-11-21(25)23-16-7-9-17(10-8-16)24-12-4-5-22(24)26/h6-11,13-14H,4-5,12H2,1-3H3,(H,23,25)/b11-6+. The Balaban J connectivity index is 1.69. The normalized spacial score (nSPS) is 13.6. The lowest BCUT2D eigenvalue weighted by Gasteiger charge is -2.15. The number of carbonyl (C=O) groups is 2. The Morgan fingerprint density at radius 3 is 2.24 bits per heavy atom. The predicted octanol–water partition coefficient (Wildman–Crippen LogP) is 3.49. The van der Waals surface area contributed by atoms with Crippen LogP contribution in [0.2, 0.25) is 0 Å². The molecule has 152 valence electrons. The van der Waals surface area contributed by atoms with Crippen molar-refractivity contribution in [3.05, 3.63) is 48.0 Å². The average molecular weight is 396 g/mol. The Kier molecular flexibility index (Phi) is 6.39. The second-order valence-corrected chi connectivity index (χ2v) is 6.47. The number of methoxy groups -OCH3 is 3. The van der Waals surface area contributed by atoms with E-state index >= 15 is 0 Å². The van der Waals surface area contributed by atoms with Crippen molar-refractivity contribution in [2.75, 3.05) is 38.1 Å². The zero-order chi connectivity index (χ0) is 20.8. The number of ether oxygens (including phenoxy) is 3. The van der Waals surface area contributed by atoms with E-state index in [1.54, 1.807) is 56.6 Å². The summed E-state index contributed by atoms with van der Waals surface area (Å²) in [6.07, 6.45) is 4.53. The molecule has 1 aliphatic rings. The molecule has 0 bridgehead atoms. The molecule has 0 unspecified atom stereocenters. The number of rotatable bonds is 7. The SMILES string of the molecule is COc1cc(OC)c(OC)cc1/C=C/C(=O)Nc1ccc(N2CCCC2=O)cc1. The Bertz CT molecular complexity index is 922. The van der Waals surface area contributed by atoms with Crippen molar-refractivity contribution in [1.82, 2.24) is 0 Å². The third-order valence-corrected chi connectivity index (χ3v) is 4.67. The molecule has 0 saturated carbocycles. The third-order valence-electron chi connectivity index (χ3n) is 4.67. The van der Waals surface area contributed by atoms with Gasteiger partial charge < -0.3 is 24.4 Å². The lowest BCUT2D eigenvalue weighted by molar-refractivity contribution is -0.117. The fraction of sp³-hybridized carbons (Fsp3) is 0.273. The Morgan fingerprint density at radius 1 is 1.00 bits per heavy atom. The number of nitrogens with one attached hydrogen (secondary N) is 1. The van der Waals surface area contributed by atoms with Crippen molar-refractivity contribution in [3.63, 3.8) is 0 Å². The second-order valence-electron chi connectivity index (χ2n) is 6.47. The van der Waals surface area contributed by atoms with Crippen molar-refractivity contribution in [3.8, 4) is 17.2 Å². The largest absolute Gasteiger partial charge is 0.496 e. The maximum absolute atomic E-state index is 12.3. The highest BCUT2D eigenvalue weighted by molar-refractivity contribution is 6.02. The van der Waals surface area contributed by atoms with Gasteiger partial charge in [-0.2, -0.15) is 0 Å². The maximum Gasteiger partial charge on any atom is 0.248 e. The summed E-state index contributed by atoms with van der Waals surface area (Å²) in [4.78, 5) is 25.9. The summed E-state index contributed by atoms with van der Waals surface area (Å²) >= 11 is 0. The van der Waals surface area contributed by atoms with Crippen LogP contribution < -0.4 is 24.4 Å². The molecular weight excluding hydrogens is 372 g/mol. The summed E-state index contributed by atoms with van der Waals surface area (Å²) in [5, 5.41) is 2.80. The Morgan fingerprint density at radius 2 is 1.66 bits per heavy atom. The molecule has 0 spiro atoms. The monoisotopic (exact) mass is 396 g/mol. The van der Waals surface area contributed by atoms with Gasteiger partial charge in [-0.3, -0.25) is 9.59 Å². The molecule has 7 nitrogen and oxygen atoms in total. The van der Waals surface area contributed by atoms with E-state index in [1.807, 2.05) is 12.1 Å². The van der Waals surface area contributed by atoms with Crippen LogP contribution in [0.25, 0.3) is 6.08 Å². The minimum Gasteiger partial charge on any atom is -0.496 e. The van der Waals surface area contributed by atoms with Crippen LogP contribution in [0.15, 0.2) is 42.5 Å². The Hall–Kier alpha value is -3.48. The first-order chi connectivity index (χ1) is 14.0. The number of hydrogen-bond donors (Lipinski definition) is 1. The van der Waals surface area contributed by atoms with E-state index in [-0.39, 0.29) is 11.8 Å². The molecule has 0 aromatic heterocycles. The highest BCUT2D eigenvalue weighted by atomic mass is 16.5. The fourth-order valence-corrected chi connectivity index (χ4v) is 3.18. The molecule has 2 aromatic carbocycles. The van der Waals surface area contributed by atoms with Crippen molar-refractivity contribution in [2.45, 2.75) is 12.8 Å².